The lowest BCUT2D eigenvalue weighted by molar-refractivity contribution is -0.116. The molecule has 3 rings (SSSR count). The van der Waals surface area contributed by atoms with Crippen molar-refractivity contribution in [1.82, 2.24) is 0 Å². The highest BCUT2D eigenvalue weighted by atomic mass is 16.5. The summed E-state index contributed by atoms with van der Waals surface area (Å²) in [6.07, 6.45) is 2.64. The first kappa shape index (κ1) is 17.5. The number of carbonyl (C=O) groups excluding carboxylic acids is 1. The number of rotatable bonds is 6. The van der Waals surface area contributed by atoms with Gasteiger partial charge in [0.2, 0.25) is 5.91 Å². The van der Waals surface area contributed by atoms with Crippen molar-refractivity contribution in [3.63, 3.8) is 0 Å². The van der Waals surface area contributed by atoms with Crippen LogP contribution in [0.1, 0.15) is 24.0 Å². The van der Waals surface area contributed by atoms with Crippen molar-refractivity contribution >= 4 is 17.3 Å². The summed E-state index contributed by atoms with van der Waals surface area (Å²) >= 11 is 0. The van der Waals surface area contributed by atoms with Crippen LogP contribution < -0.4 is 10.2 Å². The molecule has 4 nitrogen and oxygen atoms in total. The Balaban J connectivity index is 1.51. The second-order valence-corrected chi connectivity index (χ2v) is 6.61. The molecule has 0 aromatic heterocycles. The van der Waals surface area contributed by atoms with Gasteiger partial charge in [0.25, 0.3) is 0 Å². The first-order valence-electron chi connectivity index (χ1n) is 8.88. The van der Waals surface area contributed by atoms with Crippen LogP contribution >= 0.6 is 0 Å². The van der Waals surface area contributed by atoms with Crippen molar-refractivity contribution in [3.05, 3.63) is 59.7 Å². The van der Waals surface area contributed by atoms with E-state index in [9.17, 15) is 4.79 Å². The van der Waals surface area contributed by atoms with E-state index in [1.54, 1.807) is 7.11 Å². The first-order chi connectivity index (χ1) is 12.2. The van der Waals surface area contributed by atoms with Gasteiger partial charge in [-0.05, 0) is 55.2 Å². The van der Waals surface area contributed by atoms with Crippen LogP contribution in [-0.2, 0) is 16.0 Å². The minimum absolute atomic E-state index is 0.0524. The first-order valence-corrected chi connectivity index (χ1v) is 8.88. The normalized spacial score (nSPS) is 16.9. The summed E-state index contributed by atoms with van der Waals surface area (Å²) < 4.78 is 5.41. The zero-order chi connectivity index (χ0) is 17.6. The van der Waals surface area contributed by atoms with Crippen molar-refractivity contribution in [2.45, 2.75) is 32.3 Å². The van der Waals surface area contributed by atoms with Crippen molar-refractivity contribution in [2.24, 2.45) is 0 Å². The highest BCUT2D eigenvalue weighted by Gasteiger charge is 2.22. The van der Waals surface area contributed by atoms with Crippen LogP contribution in [0.5, 0.6) is 0 Å². The van der Waals surface area contributed by atoms with E-state index in [1.807, 2.05) is 24.3 Å². The fourth-order valence-corrected chi connectivity index (χ4v) is 3.27. The SMILES string of the molecule is CO[C@H]1CCN(c2ccc(NC(=O)CCc3ccccc3C)cc2)C1. The number of carbonyl (C=O) groups is 1. The van der Waals surface area contributed by atoms with E-state index in [1.165, 1.54) is 16.8 Å². The van der Waals surface area contributed by atoms with Crippen LogP contribution in [-0.4, -0.2) is 32.2 Å². The van der Waals surface area contributed by atoms with E-state index in [0.717, 1.165) is 31.6 Å². The molecule has 1 atom stereocenters. The summed E-state index contributed by atoms with van der Waals surface area (Å²) in [6, 6.07) is 16.3. The molecule has 0 spiro atoms. The van der Waals surface area contributed by atoms with Gasteiger partial charge in [0.15, 0.2) is 0 Å². The summed E-state index contributed by atoms with van der Waals surface area (Å²) in [4.78, 5) is 14.5. The molecule has 0 bridgehead atoms. The number of aryl methyl sites for hydroxylation is 2. The van der Waals surface area contributed by atoms with Gasteiger partial charge >= 0.3 is 0 Å². The lowest BCUT2D eigenvalue weighted by Gasteiger charge is -2.18. The third-order valence-electron chi connectivity index (χ3n) is 4.88. The third-order valence-corrected chi connectivity index (χ3v) is 4.88. The van der Waals surface area contributed by atoms with E-state index in [0.29, 0.717) is 12.5 Å². The number of benzene rings is 2. The molecule has 1 aliphatic heterocycles. The molecular formula is C21H26N2O2. The Morgan fingerprint density at radius 1 is 1.20 bits per heavy atom. The number of nitrogens with zero attached hydrogens (tertiary/aromatic N) is 1. The number of methoxy groups -OCH3 is 1. The molecular weight excluding hydrogens is 312 g/mol. The maximum Gasteiger partial charge on any atom is 0.224 e. The highest BCUT2D eigenvalue weighted by molar-refractivity contribution is 5.91. The van der Waals surface area contributed by atoms with Gasteiger partial charge < -0.3 is 15.0 Å². The summed E-state index contributed by atoms with van der Waals surface area (Å²) in [6.45, 7) is 4.03. The molecule has 0 aliphatic carbocycles. The quantitative estimate of drug-likeness (QED) is 0.871. The van der Waals surface area contributed by atoms with Gasteiger partial charge in [-0.2, -0.15) is 0 Å². The molecule has 132 valence electrons. The number of anilines is 2. The Hall–Kier alpha value is -2.33. The molecule has 1 aliphatic rings. The number of nitrogens with one attached hydrogen (secondary N) is 1. The van der Waals surface area contributed by atoms with Crippen LogP contribution in [0, 0.1) is 6.92 Å². The number of hydrogen-bond acceptors (Lipinski definition) is 3. The van der Waals surface area contributed by atoms with Crippen LogP contribution in [0.2, 0.25) is 0 Å². The van der Waals surface area contributed by atoms with Crippen molar-refractivity contribution in [1.29, 1.82) is 0 Å². The largest absolute Gasteiger partial charge is 0.380 e. The lowest BCUT2D eigenvalue weighted by Crippen LogP contribution is -2.22. The Morgan fingerprint density at radius 3 is 2.64 bits per heavy atom. The van der Waals surface area contributed by atoms with Gasteiger partial charge in [0.1, 0.15) is 0 Å². The molecule has 0 unspecified atom stereocenters. The number of hydrogen-bond donors (Lipinski definition) is 1. The van der Waals surface area contributed by atoms with E-state index in [4.69, 9.17) is 4.74 Å². The van der Waals surface area contributed by atoms with Crippen LogP contribution in [0.4, 0.5) is 11.4 Å². The van der Waals surface area contributed by atoms with Crippen molar-refractivity contribution in [3.8, 4) is 0 Å². The Kier molecular flexibility index (Phi) is 5.71. The minimum atomic E-state index is 0.0524. The maximum atomic E-state index is 12.2. The van der Waals surface area contributed by atoms with Crippen LogP contribution in [0.15, 0.2) is 48.5 Å². The number of amides is 1. The van der Waals surface area contributed by atoms with Gasteiger partial charge in [-0.25, -0.2) is 0 Å². The molecule has 1 fully saturated rings. The fraction of sp³-hybridized carbons (Fsp3) is 0.381. The molecule has 2 aromatic carbocycles. The molecule has 2 aromatic rings. The van der Waals surface area contributed by atoms with Gasteiger partial charge in [-0.15, -0.1) is 0 Å². The average Bonchev–Trinajstić information content (AvgIpc) is 3.11. The predicted molar refractivity (Wildman–Crippen MR) is 102 cm³/mol. The molecule has 25 heavy (non-hydrogen) atoms. The highest BCUT2D eigenvalue weighted by Crippen LogP contribution is 2.23. The van der Waals surface area contributed by atoms with Crippen molar-refractivity contribution in [2.75, 3.05) is 30.4 Å². The van der Waals surface area contributed by atoms with Gasteiger partial charge in [0, 0.05) is 38.0 Å². The summed E-state index contributed by atoms with van der Waals surface area (Å²) in [5.74, 6) is 0.0524. The second kappa shape index (κ2) is 8.17. The average molecular weight is 338 g/mol. The Labute approximate surface area is 149 Å². The van der Waals surface area contributed by atoms with Gasteiger partial charge in [-0.1, -0.05) is 24.3 Å². The number of ether oxygens (including phenoxy) is 1. The zero-order valence-electron chi connectivity index (χ0n) is 15.0. The zero-order valence-corrected chi connectivity index (χ0v) is 15.0. The maximum absolute atomic E-state index is 12.2. The summed E-state index contributed by atoms with van der Waals surface area (Å²) in [5.41, 5.74) is 4.49. The molecule has 4 heteroatoms. The topological polar surface area (TPSA) is 41.6 Å². The molecule has 0 radical (unpaired) electrons. The lowest BCUT2D eigenvalue weighted by atomic mass is 10.0. The Bertz CT molecular complexity index is 712. The van der Waals surface area contributed by atoms with Crippen LogP contribution in [0.25, 0.3) is 0 Å². The second-order valence-electron chi connectivity index (χ2n) is 6.61. The molecule has 1 N–H and O–H groups in total. The standard InChI is InChI=1S/C21H26N2O2/c1-16-5-3-4-6-17(16)7-12-21(24)22-18-8-10-19(11-9-18)23-14-13-20(15-23)25-2/h3-6,8-11,20H,7,12-15H2,1-2H3,(H,22,24)/t20-/m0/s1. The third kappa shape index (κ3) is 4.60. The van der Waals surface area contributed by atoms with E-state index in [2.05, 4.69) is 41.4 Å². The summed E-state index contributed by atoms with van der Waals surface area (Å²) in [5, 5.41) is 2.99. The minimum Gasteiger partial charge on any atom is -0.380 e. The molecule has 1 saturated heterocycles. The monoisotopic (exact) mass is 338 g/mol. The van der Waals surface area contributed by atoms with E-state index in [-0.39, 0.29) is 5.91 Å². The van der Waals surface area contributed by atoms with Gasteiger partial charge in [-0.3, -0.25) is 4.79 Å². The van der Waals surface area contributed by atoms with E-state index < -0.39 is 0 Å². The van der Waals surface area contributed by atoms with Crippen LogP contribution in [0.3, 0.4) is 0 Å². The summed E-state index contributed by atoms with van der Waals surface area (Å²) in [7, 11) is 1.77. The molecule has 1 amide bonds. The Morgan fingerprint density at radius 2 is 1.96 bits per heavy atom. The van der Waals surface area contributed by atoms with E-state index >= 15 is 0 Å². The molecule has 1 heterocycles. The van der Waals surface area contributed by atoms with Crippen molar-refractivity contribution < 1.29 is 9.53 Å². The predicted octanol–water partition coefficient (Wildman–Crippen LogP) is 3.79. The smallest absolute Gasteiger partial charge is 0.224 e. The van der Waals surface area contributed by atoms with Gasteiger partial charge in [0.05, 0.1) is 6.10 Å². The fourth-order valence-electron chi connectivity index (χ4n) is 3.27. The molecule has 0 saturated carbocycles.